The SMILES string of the molecule is CCOP(C)(O)(OCC)c1occ2ccccc12. The molecule has 0 aliphatic rings. The quantitative estimate of drug-likeness (QED) is 0.848. The fourth-order valence-electron chi connectivity index (χ4n) is 2.13. The second kappa shape index (κ2) is 4.63. The van der Waals surface area contributed by atoms with E-state index < -0.39 is 7.28 Å². The van der Waals surface area contributed by atoms with Crippen molar-refractivity contribution in [2.45, 2.75) is 13.8 Å². The summed E-state index contributed by atoms with van der Waals surface area (Å²) in [7, 11) is -3.89. The van der Waals surface area contributed by atoms with E-state index in [9.17, 15) is 4.89 Å². The van der Waals surface area contributed by atoms with Crippen molar-refractivity contribution >= 4 is 23.6 Å². The molecule has 0 spiro atoms. The molecule has 0 unspecified atom stereocenters. The van der Waals surface area contributed by atoms with E-state index in [0.717, 1.165) is 10.8 Å². The number of hydrogen-bond acceptors (Lipinski definition) is 4. The van der Waals surface area contributed by atoms with E-state index in [1.165, 1.54) is 0 Å². The van der Waals surface area contributed by atoms with Gasteiger partial charge in [0.1, 0.15) is 0 Å². The maximum absolute atomic E-state index is 10.9. The first-order valence-corrected chi connectivity index (χ1v) is 8.51. The maximum atomic E-state index is 10.9. The Morgan fingerprint density at radius 1 is 1.17 bits per heavy atom. The van der Waals surface area contributed by atoms with Gasteiger partial charge in [-0.1, -0.05) is 0 Å². The van der Waals surface area contributed by atoms with E-state index in [-0.39, 0.29) is 0 Å². The molecule has 1 aromatic heterocycles. The van der Waals surface area contributed by atoms with Gasteiger partial charge in [0.25, 0.3) is 0 Å². The zero-order valence-corrected chi connectivity index (χ0v) is 11.8. The van der Waals surface area contributed by atoms with Crippen molar-refractivity contribution in [1.29, 1.82) is 0 Å². The topological polar surface area (TPSA) is 51.8 Å². The molecule has 0 aliphatic heterocycles. The van der Waals surface area contributed by atoms with Crippen molar-refractivity contribution in [1.82, 2.24) is 0 Å². The minimum absolute atomic E-state index is 0.361. The van der Waals surface area contributed by atoms with E-state index in [0.29, 0.717) is 18.7 Å². The summed E-state index contributed by atoms with van der Waals surface area (Å²) in [6.07, 6.45) is 1.61. The predicted molar refractivity (Wildman–Crippen MR) is 74.2 cm³/mol. The van der Waals surface area contributed by atoms with Crippen LogP contribution in [0.1, 0.15) is 13.8 Å². The molecule has 0 atom stereocenters. The average Bonchev–Trinajstić information content (AvgIpc) is 2.73. The molecular formula is C13H19O4P. The summed E-state index contributed by atoms with van der Waals surface area (Å²) in [4.78, 5) is 10.9. The van der Waals surface area contributed by atoms with Gasteiger partial charge in [-0.05, 0) is 0 Å². The Balaban J connectivity index is 2.62. The third kappa shape index (κ3) is 2.17. The summed E-state index contributed by atoms with van der Waals surface area (Å²) in [6.45, 7) is 5.97. The molecule has 0 aliphatic carbocycles. The second-order valence-corrected chi connectivity index (χ2v) is 7.81. The molecule has 0 saturated carbocycles. The zero-order valence-electron chi connectivity index (χ0n) is 10.9. The van der Waals surface area contributed by atoms with Crippen LogP contribution in [0, 0.1) is 0 Å². The molecule has 1 N–H and O–H groups in total. The van der Waals surface area contributed by atoms with Crippen LogP contribution in [0.3, 0.4) is 0 Å². The van der Waals surface area contributed by atoms with E-state index in [4.69, 9.17) is 13.5 Å². The number of benzene rings is 1. The molecule has 4 nitrogen and oxygen atoms in total. The van der Waals surface area contributed by atoms with Crippen molar-refractivity contribution in [3.63, 3.8) is 0 Å². The molecule has 0 fully saturated rings. The molecule has 5 heteroatoms. The van der Waals surface area contributed by atoms with Gasteiger partial charge in [-0.2, -0.15) is 0 Å². The number of hydrogen-bond donors (Lipinski definition) is 1. The van der Waals surface area contributed by atoms with Crippen LogP contribution in [0.4, 0.5) is 0 Å². The third-order valence-electron chi connectivity index (χ3n) is 2.81. The summed E-state index contributed by atoms with van der Waals surface area (Å²) in [5.41, 5.74) is 0.403. The van der Waals surface area contributed by atoms with Gasteiger partial charge in [0, 0.05) is 0 Å². The van der Waals surface area contributed by atoms with Crippen molar-refractivity contribution in [2.75, 3.05) is 19.9 Å². The van der Waals surface area contributed by atoms with E-state index in [1.807, 2.05) is 38.1 Å². The molecule has 2 rings (SSSR count). The Morgan fingerprint density at radius 2 is 1.78 bits per heavy atom. The standard InChI is InChI=1S/C13H19O4P/c1-4-16-18(3,14,17-5-2)13-12-9-7-6-8-11(12)10-15-13/h6-10,14H,4-5H2,1-3H3. The van der Waals surface area contributed by atoms with E-state index in [2.05, 4.69) is 0 Å². The number of fused-ring (bicyclic) bond motifs is 1. The zero-order chi connectivity index (χ0) is 13.3. The molecule has 0 saturated heterocycles. The fraction of sp³-hybridized carbons (Fsp3) is 0.385. The Labute approximate surface area is 107 Å². The van der Waals surface area contributed by atoms with Crippen molar-refractivity contribution in [3.8, 4) is 0 Å². The van der Waals surface area contributed by atoms with Gasteiger partial charge in [0.05, 0.1) is 0 Å². The number of rotatable bonds is 5. The monoisotopic (exact) mass is 270 g/mol. The van der Waals surface area contributed by atoms with Crippen LogP contribution in [0.25, 0.3) is 10.8 Å². The summed E-state index contributed by atoms with van der Waals surface area (Å²) >= 11 is 0. The van der Waals surface area contributed by atoms with Gasteiger partial charge >= 0.3 is 106 Å². The first kappa shape index (κ1) is 13.5. The Hall–Kier alpha value is -0.930. The summed E-state index contributed by atoms with van der Waals surface area (Å²) in [6, 6.07) is 7.64. The van der Waals surface area contributed by atoms with Crippen LogP contribution in [0.5, 0.6) is 0 Å². The van der Waals surface area contributed by atoms with Gasteiger partial charge < -0.3 is 0 Å². The van der Waals surface area contributed by atoms with E-state index in [1.54, 1.807) is 12.9 Å². The molecule has 2 aromatic rings. The fourth-order valence-corrected chi connectivity index (χ4v) is 4.70. The summed E-state index contributed by atoms with van der Waals surface area (Å²) in [5.74, 6) is 0. The molecule has 1 heterocycles. The summed E-state index contributed by atoms with van der Waals surface area (Å²) < 4.78 is 16.7. The minimum atomic E-state index is -3.89. The molecular weight excluding hydrogens is 251 g/mol. The molecule has 0 bridgehead atoms. The van der Waals surface area contributed by atoms with Crippen LogP contribution in [0.2, 0.25) is 0 Å². The van der Waals surface area contributed by atoms with Gasteiger partial charge in [-0.25, -0.2) is 0 Å². The second-order valence-electron chi connectivity index (χ2n) is 4.27. The molecule has 1 aromatic carbocycles. The first-order valence-electron chi connectivity index (χ1n) is 6.03. The van der Waals surface area contributed by atoms with Gasteiger partial charge in [-0.15, -0.1) is 0 Å². The number of furan rings is 1. The summed E-state index contributed by atoms with van der Waals surface area (Å²) in [5, 5.41) is 1.76. The first-order chi connectivity index (χ1) is 8.50. The van der Waals surface area contributed by atoms with Crippen LogP contribution in [0.15, 0.2) is 34.9 Å². The average molecular weight is 270 g/mol. The van der Waals surface area contributed by atoms with Crippen LogP contribution in [-0.2, 0) is 9.05 Å². The van der Waals surface area contributed by atoms with Gasteiger partial charge in [0.2, 0.25) is 0 Å². The molecule has 100 valence electrons. The van der Waals surface area contributed by atoms with Crippen LogP contribution < -0.4 is 5.50 Å². The normalized spacial score (nSPS) is 14.6. The van der Waals surface area contributed by atoms with Crippen molar-refractivity contribution in [2.24, 2.45) is 0 Å². The molecule has 18 heavy (non-hydrogen) atoms. The predicted octanol–water partition coefficient (Wildman–Crippen LogP) is 3.05. The Morgan fingerprint density at radius 3 is 2.39 bits per heavy atom. The van der Waals surface area contributed by atoms with Crippen molar-refractivity contribution < 1.29 is 18.4 Å². The van der Waals surface area contributed by atoms with Crippen molar-refractivity contribution in [3.05, 3.63) is 30.5 Å². The van der Waals surface area contributed by atoms with E-state index >= 15 is 0 Å². The van der Waals surface area contributed by atoms with Crippen LogP contribution in [-0.4, -0.2) is 24.8 Å². The molecule has 0 radical (unpaired) electrons. The van der Waals surface area contributed by atoms with Gasteiger partial charge in [-0.3, -0.25) is 0 Å². The third-order valence-corrected chi connectivity index (χ3v) is 5.81. The molecule has 0 amide bonds. The van der Waals surface area contributed by atoms with Crippen LogP contribution >= 0.6 is 7.28 Å². The van der Waals surface area contributed by atoms with Gasteiger partial charge in [0.15, 0.2) is 0 Å². The Kier molecular flexibility index (Phi) is 3.47. The Bertz CT molecular complexity index is 537.